The first-order valence-corrected chi connectivity index (χ1v) is 10.9. The first-order valence-electron chi connectivity index (χ1n) is 10.5. The van der Waals surface area contributed by atoms with Crippen LogP contribution in [-0.4, -0.2) is 29.4 Å². The predicted molar refractivity (Wildman–Crippen MR) is 117 cm³/mol. The van der Waals surface area contributed by atoms with Gasteiger partial charge in [0.1, 0.15) is 0 Å². The predicted octanol–water partition coefficient (Wildman–Crippen LogP) is 5.36. The molecule has 29 heavy (non-hydrogen) atoms. The lowest BCUT2D eigenvalue weighted by atomic mass is 9.75. The fourth-order valence-electron chi connectivity index (χ4n) is 5.84. The first kappa shape index (κ1) is 17.5. The van der Waals surface area contributed by atoms with E-state index in [-0.39, 0.29) is 11.4 Å². The summed E-state index contributed by atoms with van der Waals surface area (Å²) < 4.78 is 0. The maximum atomic E-state index is 12.5. The van der Waals surface area contributed by atoms with E-state index >= 15 is 0 Å². The van der Waals surface area contributed by atoms with Crippen LogP contribution in [0.5, 0.6) is 0 Å². The number of benzene rings is 3. The maximum Gasteiger partial charge on any atom is 0.229 e. The van der Waals surface area contributed by atoms with Gasteiger partial charge < -0.3 is 4.90 Å². The van der Waals surface area contributed by atoms with Gasteiger partial charge in [0.25, 0.3) is 0 Å². The van der Waals surface area contributed by atoms with Gasteiger partial charge in [0.05, 0.1) is 12.0 Å². The highest BCUT2D eigenvalue weighted by Gasteiger charge is 2.53. The number of carbonyl (C=O) groups excluding carboxylic acids is 1. The average Bonchev–Trinajstić information content (AvgIpc) is 3.09. The van der Waals surface area contributed by atoms with Crippen molar-refractivity contribution in [1.82, 2.24) is 4.90 Å². The molecule has 6 rings (SSSR count). The molecule has 1 spiro atoms. The van der Waals surface area contributed by atoms with E-state index in [2.05, 4.69) is 41.3 Å². The van der Waals surface area contributed by atoms with Gasteiger partial charge in [0.2, 0.25) is 5.91 Å². The number of β-lactam (4-membered cyclic amide) rings is 1. The highest BCUT2D eigenvalue weighted by Crippen LogP contribution is 2.47. The van der Waals surface area contributed by atoms with Crippen molar-refractivity contribution in [3.05, 3.63) is 76.8 Å². The molecule has 1 aliphatic carbocycles. The van der Waals surface area contributed by atoms with Crippen molar-refractivity contribution in [3.63, 3.8) is 0 Å². The number of halogens is 1. The Balaban J connectivity index is 1.25. The minimum Gasteiger partial charge on any atom is -0.306 e. The lowest BCUT2D eigenvalue weighted by Gasteiger charge is -2.56. The number of rotatable bonds is 2. The van der Waals surface area contributed by atoms with Crippen LogP contribution in [0.3, 0.4) is 0 Å². The molecule has 2 heterocycles. The molecule has 0 N–H and O–H groups in total. The maximum absolute atomic E-state index is 12.5. The second-order valence-corrected chi connectivity index (χ2v) is 9.16. The van der Waals surface area contributed by atoms with E-state index in [1.54, 1.807) is 0 Å². The molecule has 2 aliphatic heterocycles. The van der Waals surface area contributed by atoms with Gasteiger partial charge in [-0.05, 0) is 59.4 Å². The van der Waals surface area contributed by atoms with Crippen LogP contribution in [0.4, 0.5) is 5.69 Å². The second-order valence-electron chi connectivity index (χ2n) is 8.73. The van der Waals surface area contributed by atoms with E-state index in [4.69, 9.17) is 11.6 Å². The molecule has 0 aromatic heterocycles. The van der Waals surface area contributed by atoms with E-state index in [1.807, 2.05) is 29.2 Å². The molecule has 0 saturated carbocycles. The summed E-state index contributed by atoms with van der Waals surface area (Å²) in [5.74, 6) is 0.221. The molecule has 2 saturated heterocycles. The quantitative estimate of drug-likeness (QED) is 0.538. The van der Waals surface area contributed by atoms with Crippen molar-refractivity contribution in [1.29, 1.82) is 0 Å². The molecule has 1 unspecified atom stereocenters. The minimum absolute atomic E-state index is 0.0320. The number of anilines is 1. The average molecular weight is 403 g/mol. The number of likely N-dealkylation sites (tertiary alicyclic amines) is 1. The lowest BCUT2D eigenvalue weighted by molar-refractivity contribution is -0.129. The molecule has 146 valence electrons. The molecule has 0 radical (unpaired) electrons. The third-order valence-electron chi connectivity index (χ3n) is 7.24. The third kappa shape index (κ3) is 2.57. The van der Waals surface area contributed by atoms with Crippen molar-refractivity contribution < 1.29 is 4.79 Å². The summed E-state index contributed by atoms with van der Waals surface area (Å²) in [5, 5.41) is 3.50. The Morgan fingerprint density at radius 1 is 0.966 bits per heavy atom. The van der Waals surface area contributed by atoms with Crippen LogP contribution >= 0.6 is 11.6 Å². The fraction of sp³-hybridized carbons (Fsp3) is 0.320. The Kier molecular flexibility index (Phi) is 3.81. The van der Waals surface area contributed by atoms with Crippen LogP contribution in [-0.2, 0) is 11.2 Å². The highest BCUT2D eigenvalue weighted by atomic mass is 35.5. The SMILES string of the molecule is O=C1CC2(CCN(C3Cc4cccc5cccc3c45)CC2)N1c1cccc(Cl)c1. The summed E-state index contributed by atoms with van der Waals surface area (Å²) in [6.45, 7) is 2.05. The molecule has 0 bridgehead atoms. The van der Waals surface area contributed by atoms with Crippen LogP contribution < -0.4 is 4.90 Å². The number of hydrogen-bond donors (Lipinski definition) is 0. The Morgan fingerprint density at radius 3 is 2.48 bits per heavy atom. The molecule has 3 aromatic rings. The van der Waals surface area contributed by atoms with E-state index in [9.17, 15) is 4.79 Å². The summed E-state index contributed by atoms with van der Waals surface area (Å²) in [6, 6.07) is 21.6. The van der Waals surface area contributed by atoms with Crippen molar-refractivity contribution in [2.75, 3.05) is 18.0 Å². The number of piperidine rings is 1. The van der Waals surface area contributed by atoms with Gasteiger partial charge in [-0.25, -0.2) is 0 Å². The highest BCUT2D eigenvalue weighted by molar-refractivity contribution is 6.31. The molecule has 1 amide bonds. The standard InChI is InChI=1S/C25H23ClN2O/c26-19-7-3-8-20(15-19)28-23(29)16-25(28)10-12-27(13-11-25)22-14-18-6-1-4-17-5-2-9-21(22)24(17)18/h1-9,15,22H,10-14,16H2. The second kappa shape index (κ2) is 6.32. The fourth-order valence-corrected chi connectivity index (χ4v) is 6.02. The van der Waals surface area contributed by atoms with Crippen molar-refractivity contribution >= 4 is 34.0 Å². The number of hydrogen-bond acceptors (Lipinski definition) is 2. The lowest BCUT2D eigenvalue weighted by Crippen LogP contribution is -2.67. The van der Waals surface area contributed by atoms with Gasteiger partial charge in [0.15, 0.2) is 0 Å². The summed E-state index contributed by atoms with van der Waals surface area (Å²) >= 11 is 6.19. The van der Waals surface area contributed by atoms with Crippen LogP contribution in [0.2, 0.25) is 5.02 Å². The third-order valence-corrected chi connectivity index (χ3v) is 7.47. The van der Waals surface area contributed by atoms with Crippen molar-refractivity contribution in [2.24, 2.45) is 0 Å². The van der Waals surface area contributed by atoms with Crippen molar-refractivity contribution in [2.45, 2.75) is 37.3 Å². The van der Waals surface area contributed by atoms with Gasteiger partial charge >= 0.3 is 0 Å². The van der Waals surface area contributed by atoms with E-state index in [0.29, 0.717) is 17.5 Å². The summed E-state index contributed by atoms with van der Waals surface area (Å²) in [5.41, 5.74) is 3.86. The van der Waals surface area contributed by atoms with Gasteiger partial charge in [-0.15, -0.1) is 0 Å². The smallest absolute Gasteiger partial charge is 0.229 e. The molecule has 4 heteroatoms. The van der Waals surface area contributed by atoms with Gasteiger partial charge in [-0.2, -0.15) is 0 Å². The zero-order valence-electron chi connectivity index (χ0n) is 16.3. The van der Waals surface area contributed by atoms with E-state index in [0.717, 1.165) is 38.0 Å². The van der Waals surface area contributed by atoms with Crippen LogP contribution in [0.1, 0.15) is 36.4 Å². The topological polar surface area (TPSA) is 23.6 Å². The van der Waals surface area contributed by atoms with Crippen LogP contribution in [0, 0.1) is 0 Å². The number of carbonyl (C=O) groups is 1. The molecule has 2 fully saturated rings. The van der Waals surface area contributed by atoms with E-state index < -0.39 is 0 Å². The molecular weight excluding hydrogens is 380 g/mol. The summed E-state index contributed by atoms with van der Waals surface area (Å²) in [4.78, 5) is 17.2. The Hall–Kier alpha value is -2.36. The molecular formula is C25H23ClN2O. The van der Waals surface area contributed by atoms with Crippen LogP contribution in [0.25, 0.3) is 10.8 Å². The molecule has 3 nitrogen and oxygen atoms in total. The molecule has 3 aliphatic rings. The number of amides is 1. The van der Waals surface area contributed by atoms with E-state index in [1.165, 1.54) is 21.9 Å². The zero-order valence-corrected chi connectivity index (χ0v) is 17.0. The Bertz CT molecular complexity index is 1130. The summed E-state index contributed by atoms with van der Waals surface area (Å²) in [6.07, 6.45) is 3.80. The van der Waals surface area contributed by atoms with Crippen LogP contribution in [0.15, 0.2) is 60.7 Å². The minimum atomic E-state index is -0.0320. The Morgan fingerprint density at radius 2 is 1.72 bits per heavy atom. The van der Waals surface area contributed by atoms with Gasteiger partial charge in [0, 0.05) is 29.8 Å². The largest absolute Gasteiger partial charge is 0.306 e. The number of nitrogens with zero attached hydrogens (tertiary/aromatic N) is 2. The molecule has 1 atom stereocenters. The van der Waals surface area contributed by atoms with Gasteiger partial charge in [-0.3, -0.25) is 9.69 Å². The normalized spacial score (nSPS) is 23.0. The first-order chi connectivity index (χ1) is 14.1. The van der Waals surface area contributed by atoms with Crippen molar-refractivity contribution in [3.8, 4) is 0 Å². The zero-order chi connectivity index (χ0) is 19.6. The Labute approximate surface area is 175 Å². The molecule has 3 aromatic carbocycles. The summed E-state index contributed by atoms with van der Waals surface area (Å²) in [7, 11) is 0. The van der Waals surface area contributed by atoms with Gasteiger partial charge in [-0.1, -0.05) is 54.1 Å². The monoisotopic (exact) mass is 402 g/mol.